The Hall–Kier alpha value is -3.16. The molecule has 0 aliphatic heterocycles. The number of hydrogen-bond acceptors (Lipinski definition) is 6. The van der Waals surface area contributed by atoms with E-state index in [0.717, 1.165) is 0 Å². The van der Waals surface area contributed by atoms with Crippen LogP contribution in [-0.2, 0) is 9.68 Å². The zero-order valence-corrected chi connectivity index (χ0v) is 14.1. The van der Waals surface area contributed by atoms with Gasteiger partial charge in [-0.25, -0.2) is 20.5 Å². The van der Waals surface area contributed by atoms with Crippen molar-refractivity contribution < 1.29 is 19.3 Å². The molecule has 8 heteroatoms. The highest BCUT2D eigenvalue weighted by Gasteiger charge is 2.07. The second-order valence-corrected chi connectivity index (χ2v) is 4.76. The number of allylic oxidation sites excluding steroid dienone is 4. The number of hydroxylamine groups is 2. The van der Waals surface area contributed by atoms with Crippen molar-refractivity contribution in [2.75, 3.05) is 10.6 Å². The van der Waals surface area contributed by atoms with Crippen molar-refractivity contribution in [3.05, 3.63) is 47.8 Å². The molecule has 2 amide bonds. The maximum atomic E-state index is 11.6. The van der Waals surface area contributed by atoms with Crippen LogP contribution in [-0.4, -0.2) is 12.2 Å². The molecule has 0 heterocycles. The molecule has 0 aromatic heterocycles. The van der Waals surface area contributed by atoms with Gasteiger partial charge < -0.3 is 9.68 Å². The van der Waals surface area contributed by atoms with E-state index in [2.05, 4.69) is 21.6 Å². The lowest BCUT2D eigenvalue weighted by Crippen LogP contribution is -2.23. The Labute approximate surface area is 140 Å². The summed E-state index contributed by atoms with van der Waals surface area (Å²) in [5.41, 5.74) is 7.27. The lowest BCUT2D eigenvalue weighted by atomic mass is 10.3. The molecule has 0 bridgehead atoms. The van der Waals surface area contributed by atoms with E-state index in [1.54, 1.807) is 50.3 Å². The average Bonchev–Trinajstić information content (AvgIpc) is 2.57. The van der Waals surface area contributed by atoms with Gasteiger partial charge in [-0.05, 0) is 45.9 Å². The Balaban J connectivity index is 2.54. The van der Waals surface area contributed by atoms with Crippen LogP contribution in [0, 0.1) is 0 Å². The second kappa shape index (κ2) is 9.78. The molecule has 130 valence electrons. The summed E-state index contributed by atoms with van der Waals surface area (Å²) in [5.74, 6) is 0. The van der Waals surface area contributed by atoms with Crippen LogP contribution in [0.4, 0.5) is 21.0 Å². The molecule has 24 heavy (non-hydrogen) atoms. The van der Waals surface area contributed by atoms with E-state index in [0.29, 0.717) is 22.8 Å². The molecule has 0 saturated heterocycles. The summed E-state index contributed by atoms with van der Waals surface area (Å²) < 4.78 is 0. The summed E-state index contributed by atoms with van der Waals surface area (Å²) in [6.07, 6.45) is 2.16. The molecule has 0 saturated carbocycles. The first kappa shape index (κ1) is 18.9. The van der Waals surface area contributed by atoms with Crippen LogP contribution in [0.1, 0.15) is 27.7 Å². The largest absolute Gasteiger partial charge is 0.435 e. The average molecular weight is 334 g/mol. The normalized spacial score (nSPS) is 11.3. The van der Waals surface area contributed by atoms with Gasteiger partial charge >= 0.3 is 12.2 Å². The van der Waals surface area contributed by atoms with E-state index in [1.165, 1.54) is 0 Å². The van der Waals surface area contributed by atoms with Gasteiger partial charge in [0.15, 0.2) is 0 Å². The van der Waals surface area contributed by atoms with Crippen LogP contribution in [0.15, 0.2) is 47.8 Å². The first-order chi connectivity index (χ1) is 11.4. The fourth-order valence-electron chi connectivity index (χ4n) is 1.33. The fraction of sp³-hybridized carbons (Fsp3) is 0.250. The SMILES string of the molecule is CC=C(C)NOC(=O)Nc1cccc(NC(=O)ONC(C)=CC)c1. The highest BCUT2D eigenvalue weighted by atomic mass is 16.7. The third-order valence-corrected chi connectivity index (χ3v) is 2.83. The van der Waals surface area contributed by atoms with Crippen molar-refractivity contribution in [2.24, 2.45) is 0 Å². The Morgan fingerprint density at radius 3 is 1.67 bits per heavy atom. The number of rotatable bonds is 6. The molecule has 4 N–H and O–H groups in total. The van der Waals surface area contributed by atoms with Gasteiger partial charge in [0.25, 0.3) is 0 Å². The molecule has 0 atom stereocenters. The molecular formula is C16H22N4O4. The van der Waals surface area contributed by atoms with Crippen molar-refractivity contribution in [2.45, 2.75) is 27.7 Å². The predicted octanol–water partition coefficient (Wildman–Crippen LogP) is 3.64. The molecule has 0 aliphatic rings. The van der Waals surface area contributed by atoms with Crippen molar-refractivity contribution in [3.63, 3.8) is 0 Å². The molecule has 8 nitrogen and oxygen atoms in total. The van der Waals surface area contributed by atoms with Gasteiger partial charge in [-0.15, -0.1) is 0 Å². The van der Waals surface area contributed by atoms with E-state index < -0.39 is 12.2 Å². The lowest BCUT2D eigenvalue weighted by molar-refractivity contribution is 0.119. The summed E-state index contributed by atoms with van der Waals surface area (Å²) in [5, 5.41) is 5.05. The minimum Gasteiger partial charge on any atom is -0.324 e. The molecule has 1 rings (SSSR count). The molecule has 0 fully saturated rings. The van der Waals surface area contributed by atoms with Gasteiger partial charge in [0.2, 0.25) is 0 Å². The Morgan fingerprint density at radius 1 is 0.875 bits per heavy atom. The number of nitrogens with one attached hydrogen (secondary N) is 4. The molecular weight excluding hydrogens is 312 g/mol. The summed E-state index contributed by atoms with van der Waals surface area (Å²) in [7, 11) is 0. The van der Waals surface area contributed by atoms with Crippen molar-refractivity contribution in [3.8, 4) is 0 Å². The quantitative estimate of drug-likeness (QED) is 0.593. The van der Waals surface area contributed by atoms with E-state index >= 15 is 0 Å². The highest BCUT2D eigenvalue weighted by molar-refractivity contribution is 5.88. The molecule has 1 aromatic rings. The monoisotopic (exact) mass is 334 g/mol. The number of benzene rings is 1. The number of carbonyl (C=O) groups excluding carboxylic acids is 2. The standard InChI is InChI=1S/C16H22N4O4/c1-5-11(3)19-23-15(21)17-13-8-7-9-14(10-13)18-16(22)24-20-12(4)6-2/h5-10,19-20H,1-4H3,(H,17,21)(H,18,22). The maximum Gasteiger partial charge on any atom is 0.435 e. The first-order valence-corrected chi connectivity index (χ1v) is 7.28. The summed E-state index contributed by atoms with van der Waals surface area (Å²) in [6.45, 7) is 7.13. The third kappa shape index (κ3) is 7.21. The smallest absolute Gasteiger partial charge is 0.324 e. The molecule has 0 radical (unpaired) electrons. The lowest BCUT2D eigenvalue weighted by Gasteiger charge is -2.10. The van der Waals surface area contributed by atoms with E-state index in [-0.39, 0.29) is 0 Å². The minimum absolute atomic E-state index is 0.454. The van der Waals surface area contributed by atoms with Gasteiger partial charge in [0.1, 0.15) is 0 Å². The molecule has 0 unspecified atom stereocenters. The third-order valence-electron chi connectivity index (χ3n) is 2.83. The number of carbonyl (C=O) groups is 2. The van der Waals surface area contributed by atoms with Crippen molar-refractivity contribution in [1.82, 2.24) is 11.0 Å². The van der Waals surface area contributed by atoms with Gasteiger partial charge in [-0.1, -0.05) is 18.2 Å². The van der Waals surface area contributed by atoms with Crippen molar-refractivity contribution >= 4 is 23.6 Å². The molecule has 1 aromatic carbocycles. The van der Waals surface area contributed by atoms with Crippen LogP contribution in [0.25, 0.3) is 0 Å². The minimum atomic E-state index is -0.679. The Bertz CT molecular complexity index is 589. The van der Waals surface area contributed by atoms with Gasteiger partial charge in [0, 0.05) is 22.8 Å². The zero-order chi connectivity index (χ0) is 17.9. The van der Waals surface area contributed by atoms with Crippen LogP contribution in [0.2, 0.25) is 0 Å². The Morgan fingerprint density at radius 2 is 1.29 bits per heavy atom. The van der Waals surface area contributed by atoms with Gasteiger partial charge in [-0.2, -0.15) is 0 Å². The zero-order valence-electron chi connectivity index (χ0n) is 14.1. The van der Waals surface area contributed by atoms with Crippen LogP contribution in [0.3, 0.4) is 0 Å². The summed E-state index contributed by atoms with van der Waals surface area (Å²) in [4.78, 5) is 32.9. The summed E-state index contributed by atoms with van der Waals surface area (Å²) in [6, 6.07) is 6.54. The maximum absolute atomic E-state index is 11.6. The first-order valence-electron chi connectivity index (χ1n) is 7.28. The van der Waals surface area contributed by atoms with E-state index in [4.69, 9.17) is 9.68 Å². The number of amides is 2. The predicted molar refractivity (Wildman–Crippen MR) is 91.8 cm³/mol. The number of hydrogen-bond donors (Lipinski definition) is 4. The van der Waals surface area contributed by atoms with E-state index in [1.807, 2.05) is 13.8 Å². The Kier molecular flexibility index (Phi) is 7.69. The highest BCUT2D eigenvalue weighted by Crippen LogP contribution is 2.15. The fourth-order valence-corrected chi connectivity index (χ4v) is 1.33. The second-order valence-electron chi connectivity index (χ2n) is 4.76. The van der Waals surface area contributed by atoms with Gasteiger partial charge in [0.05, 0.1) is 0 Å². The molecule has 0 aliphatic carbocycles. The van der Waals surface area contributed by atoms with Gasteiger partial charge in [-0.3, -0.25) is 10.6 Å². The number of anilines is 2. The molecule has 0 spiro atoms. The van der Waals surface area contributed by atoms with Crippen molar-refractivity contribution in [1.29, 1.82) is 0 Å². The summed E-state index contributed by atoms with van der Waals surface area (Å²) >= 11 is 0. The topological polar surface area (TPSA) is 101 Å². The van der Waals surface area contributed by atoms with Crippen LogP contribution in [0.5, 0.6) is 0 Å². The van der Waals surface area contributed by atoms with E-state index in [9.17, 15) is 9.59 Å². The van der Waals surface area contributed by atoms with Crippen LogP contribution >= 0.6 is 0 Å². The van der Waals surface area contributed by atoms with Crippen LogP contribution < -0.4 is 21.6 Å².